The SMILES string of the molecule is C[C@@H]1CCCN(C(=O)CCc2cc(Cl)cs2)[C@@H]1CN. The third-order valence-electron chi connectivity index (χ3n) is 3.88. The monoisotopic (exact) mass is 300 g/mol. The van der Waals surface area contributed by atoms with Crippen LogP contribution in [0.1, 0.15) is 31.1 Å². The van der Waals surface area contributed by atoms with Gasteiger partial charge in [-0.3, -0.25) is 4.79 Å². The first-order valence-corrected chi connectivity index (χ1v) is 8.10. The van der Waals surface area contributed by atoms with Gasteiger partial charge in [-0.2, -0.15) is 0 Å². The molecular formula is C14H21ClN2OS. The highest BCUT2D eigenvalue weighted by molar-refractivity contribution is 7.10. The molecule has 0 aromatic carbocycles. The molecule has 1 fully saturated rings. The van der Waals surface area contributed by atoms with Gasteiger partial charge in [-0.15, -0.1) is 11.3 Å². The van der Waals surface area contributed by atoms with Crippen LogP contribution in [0, 0.1) is 5.92 Å². The van der Waals surface area contributed by atoms with Crippen molar-refractivity contribution in [2.75, 3.05) is 13.1 Å². The molecule has 1 saturated heterocycles. The van der Waals surface area contributed by atoms with E-state index in [1.807, 2.05) is 16.3 Å². The van der Waals surface area contributed by atoms with Crippen LogP contribution in [-0.4, -0.2) is 29.9 Å². The van der Waals surface area contributed by atoms with Crippen molar-refractivity contribution >= 4 is 28.8 Å². The van der Waals surface area contributed by atoms with E-state index in [2.05, 4.69) is 6.92 Å². The van der Waals surface area contributed by atoms with Crippen LogP contribution < -0.4 is 5.73 Å². The first-order valence-electron chi connectivity index (χ1n) is 6.84. The number of aryl methyl sites for hydroxylation is 1. The Morgan fingerprint density at radius 1 is 1.63 bits per heavy atom. The average molecular weight is 301 g/mol. The van der Waals surface area contributed by atoms with Gasteiger partial charge < -0.3 is 10.6 Å². The van der Waals surface area contributed by atoms with E-state index in [9.17, 15) is 4.79 Å². The smallest absolute Gasteiger partial charge is 0.223 e. The summed E-state index contributed by atoms with van der Waals surface area (Å²) in [6.45, 7) is 3.62. The minimum atomic E-state index is 0.216. The molecule has 3 nitrogen and oxygen atoms in total. The van der Waals surface area contributed by atoms with E-state index >= 15 is 0 Å². The summed E-state index contributed by atoms with van der Waals surface area (Å²) in [5.74, 6) is 0.741. The molecule has 19 heavy (non-hydrogen) atoms. The number of carbonyl (C=O) groups is 1. The van der Waals surface area contributed by atoms with E-state index < -0.39 is 0 Å². The van der Waals surface area contributed by atoms with E-state index in [4.69, 9.17) is 17.3 Å². The normalized spacial score (nSPS) is 23.6. The predicted molar refractivity (Wildman–Crippen MR) is 80.6 cm³/mol. The Balaban J connectivity index is 1.91. The van der Waals surface area contributed by atoms with Gasteiger partial charge in [0.1, 0.15) is 0 Å². The summed E-state index contributed by atoms with van der Waals surface area (Å²) in [4.78, 5) is 15.5. The van der Waals surface area contributed by atoms with Crippen LogP contribution >= 0.6 is 22.9 Å². The Bertz CT molecular complexity index is 435. The maximum Gasteiger partial charge on any atom is 0.223 e. The van der Waals surface area contributed by atoms with Gasteiger partial charge in [0.2, 0.25) is 5.91 Å². The maximum atomic E-state index is 12.3. The highest BCUT2D eigenvalue weighted by atomic mass is 35.5. The summed E-state index contributed by atoms with van der Waals surface area (Å²) < 4.78 is 0. The summed E-state index contributed by atoms with van der Waals surface area (Å²) in [5, 5.41) is 2.67. The van der Waals surface area contributed by atoms with Crippen molar-refractivity contribution in [3.8, 4) is 0 Å². The lowest BCUT2D eigenvalue weighted by Gasteiger charge is -2.39. The number of carbonyl (C=O) groups excluding carboxylic acids is 1. The van der Waals surface area contributed by atoms with Gasteiger partial charge >= 0.3 is 0 Å². The number of hydrogen-bond donors (Lipinski definition) is 1. The Hall–Kier alpha value is -0.580. The summed E-state index contributed by atoms with van der Waals surface area (Å²) >= 11 is 7.51. The van der Waals surface area contributed by atoms with Crippen molar-refractivity contribution in [2.24, 2.45) is 11.7 Å². The molecule has 0 aliphatic carbocycles. The van der Waals surface area contributed by atoms with E-state index in [1.165, 1.54) is 11.3 Å². The second-order valence-electron chi connectivity index (χ2n) is 5.24. The first kappa shape index (κ1) is 14.8. The minimum absolute atomic E-state index is 0.216. The molecule has 2 rings (SSSR count). The Kier molecular flexibility index (Phi) is 5.25. The summed E-state index contributed by atoms with van der Waals surface area (Å²) in [6, 6.07) is 2.16. The van der Waals surface area contributed by atoms with Crippen LogP contribution in [0.2, 0.25) is 5.02 Å². The fourth-order valence-electron chi connectivity index (χ4n) is 2.78. The maximum absolute atomic E-state index is 12.3. The van der Waals surface area contributed by atoms with Gasteiger partial charge in [-0.1, -0.05) is 18.5 Å². The van der Waals surface area contributed by atoms with E-state index in [-0.39, 0.29) is 11.9 Å². The zero-order chi connectivity index (χ0) is 13.8. The van der Waals surface area contributed by atoms with Crippen LogP contribution in [0.4, 0.5) is 0 Å². The number of nitrogens with zero attached hydrogens (tertiary/aromatic N) is 1. The lowest BCUT2D eigenvalue weighted by atomic mass is 9.90. The molecule has 0 bridgehead atoms. The zero-order valence-electron chi connectivity index (χ0n) is 11.3. The van der Waals surface area contributed by atoms with Crippen molar-refractivity contribution in [3.63, 3.8) is 0 Å². The van der Waals surface area contributed by atoms with E-state index in [1.54, 1.807) is 11.3 Å². The van der Waals surface area contributed by atoms with Crippen LogP contribution in [0.5, 0.6) is 0 Å². The Morgan fingerprint density at radius 2 is 2.42 bits per heavy atom. The van der Waals surface area contributed by atoms with Crippen LogP contribution in [0.25, 0.3) is 0 Å². The van der Waals surface area contributed by atoms with Gasteiger partial charge in [-0.25, -0.2) is 0 Å². The first-order chi connectivity index (χ1) is 9.11. The molecule has 5 heteroatoms. The number of nitrogens with two attached hydrogens (primary N) is 1. The quantitative estimate of drug-likeness (QED) is 0.929. The predicted octanol–water partition coefficient (Wildman–Crippen LogP) is 2.92. The van der Waals surface area contributed by atoms with Crippen LogP contribution in [0.15, 0.2) is 11.4 Å². The number of rotatable bonds is 4. The van der Waals surface area contributed by atoms with Gasteiger partial charge in [0.05, 0.1) is 5.02 Å². The Labute approximate surface area is 123 Å². The molecule has 0 unspecified atom stereocenters. The fourth-order valence-corrected chi connectivity index (χ4v) is 3.85. The topological polar surface area (TPSA) is 46.3 Å². The second kappa shape index (κ2) is 6.73. The molecule has 0 spiro atoms. The molecule has 1 aliphatic heterocycles. The molecule has 2 N–H and O–H groups in total. The van der Waals surface area contributed by atoms with Crippen molar-refractivity contribution in [1.82, 2.24) is 4.90 Å². The van der Waals surface area contributed by atoms with E-state index in [0.29, 0.717) is 18.9 Å². The molecule has 1 amide bonds. The molecule has 0 saturated carbocycles. The van der Waals surface area contributed by atoms with Gasteiger partial charge in [0, 0.05) is 35.8 Å². The molecule has 2 heterocycles. The number of hydrogen-bond acceptors (Lipinski definition) is 3. The largest absolute Gasteiger partial charge is 0.338 e. The molecule has 106 valence electrons. The number of piperidine rings is 1. The van der Waals surface area contributed by atoms with Crippen molar-refractivity contribution < 1.29 is 4.79 Å². The fraction of sp³-hybridized carbons (Fsp3) is 0.643. The van der Waals surface area contributed by atoms with Crippen molar-refractivity contribution in [3.05, 3.63) is 21.3 Å². The van der Waals surface area contributed by atoms with Gasteiger partial charge in [-0.05, 0) is 31.2 Å². The third kappa shape index (κ3) is 3.71. The lowest BCUT2D eigenvalue weighted by molar-refractivity contribution is -0.136. The molecule has 2 atom stereocenters. The summed E-state index contributed by atoms with van der Waals surface area (Å²) in [6.07, 6.45) is 3.60. The average Bonchev–Trinajstić information content (AvgIpc) is 2.81. The second-order valence-corrected chi connectivity index (χ2v) is 6.67. The summed E-state index contributed by atoms with van der Waals surface area (Å²) in [7, 11) is 0. The van der Waals surface area contributed by atoms with Crippen LogP contribution in [0.3, 0.4) is 0 Å². The minimum Gasteiger partial charge on any atom is -0.338 e. The molecular weight excluding hydrogens is 280 g/mol. The van der Waals surface area contributed by atoms with E-state index in [0.717, 1.165) is 24.4 Å². The number of amides is 1. The standard InChI is InChI=1S/C14H21ClN2OS/c1-10-3-2-6-17(13(10)8-16)14(18)5-4-12-7-11(15)9-19-12/h7,9-10,13H,2-6,8,16H2,1H3/t10-,13-/m1/s1. The van der Waals surface area contributed by atoms with Crippen molar-refractivity contribution in [1.29, 1.82) is 0 Å². The molecule has 1 aromatic heterocycles. The highest BCUT2D eigenvalue weighted by Gasteiger charge is 2.30. The molecule has 0 radical (unpaired) electrons. The third-order valence-corrected chi connectivity index (χ3v) is 5.23. The highest BCUT2D eigenvalue weighted by Crippen LogP contribution is 2.25. The number of likely N-dealkylation sites (tertiary alicyclic amines) is 1. The molecule has 1 aromatic rings. The number of thiophene rings is 1. The molecule has 1 aliphatic rings. The zero-order valence-corrected chi connectivity index (χ0v) is 12.8. The van der Waals surface area contributed by atoms with Crippen LogP contribution in [-0.2, 0) is 11.2 Å². The number of halogens is 1. The summed E-state index contributed by atoms with van der Waals surface area (Å²) in [5.41, 5.74) is 5.82. The lowest BCUT2D eigenvalue weighted by Crippen LogP contribution is -2.51. The van der Waals surface area contributed by atoms with Gasteiger partial charge in [0.15, 0.2) is 0 Å². The Morgan fingerprint density at radius 3 is 3.05 bits per heavy atom. The van der Waals surface area contributed by atoms with Gasteiger partial charge in [0.25, 0.3) is 0 Å². The van der Waals surface area contributed by atoms with Crippen molar-refractivity contribution in [2.45, 2.75) is 38.6 Å².